The first-order chi connectivity index (χ1) is 12.1. The van der Waals surface area contributed by atoms with Crippen LogP contribution in [-0.2, 0) is 6.54 Å². The maximum Gasteiger partial charge on any atom is 0.258 e. The second-order valence-electron chi connectivity index (χ2n) is 6.42. The number of pyridine rings is 1. The highest BCUT2D eigenvalue weighted by Crippen LogP contribution is 2.37. The number of fused-ring (bicyclic) bond motifs is 2. The van der Waals surface area contributed by atoms with E-state index < -0.39 is 0 Å². The van der Waals surface area contributed by atoms with Crippen molar-refractivity contribution in [2.75, 3.05) is 17.2 Å². The van der Waals surface area contributed by atoms with Crippen LogP contribution < -0.4 is 10.5 Å². The quantitative estimate of drug-likeness (QED) is 0.679. The zero-order valence-corrected chi connectivity index (χ0v) is 15.4. The fraction of sp³-hybridized carbons (Fsp3) is 0.263. The van der Waals surface area contributed by atoms with Gasteiger partial charge in [-0.15, -0.1) is 11.8 Å². The fourth-order valence-corrected chi connectivity index (χ4v) is 4.38. The van der Waals surface area contributed by atoms with Crippen LogP contribution in [0, 0.1) is 5.92 Å². The Morgan fingerprint density at radius 2 is 2.16 bits per heavy atom. The molecule has 0 amide bonds. The summed E-state index contributed by atoms with van der Waals surface area (Å²) in [6, 6.07) is 13.2. The Morgan fingerprint density at radius 3 is 3.04 bits per heavy atom. The zero-order chi connectivity index (χ0) is 17.4. The monoisotopic (exact) mass is 371 g/mol. The number of hydrogen-bond acceptors (Lipinski definition) is 4. The van der Waals surface area contributed by atoms with Gasteiger partial charge in [0.05, 0.1) is 17.9 Å². The summed E-state index contributed by atoms with van der Waals surface area (Å²) in [6.07, 6.45) is 1.74. The van der Waals surface area contributed by atoms with Crippen molar-refractivity contribution in [2.45, 2.75) is 18.4 Å². The summed E-state index contributed by atoms with van der Waals surface area (Å²) in [5, 5.41) is 0.727. The average molecular weight is 372 g/mol. The molecule has 128 valence electrons. The Morgan fingerprint density at radius 1 is 1.28 bits per heavy atom. The first-order valence-electron chi connectivity index (χ1n) is 8.25. The lowest BCUT2D eigenvalue weighted by atomic mass is 10.1. The van der Waals surface area contributed by atoms with E-state index in [1.807, 2.05) is 42.1 Å². The lowest BCUT2D eigenvalue weighted by Crippen LogP contribution is -2.29. The lowest BCUT2D eigenvalue weighted by Gasteiger charge is -2.26. The standard InChI is InChI=1S/C19H18ClN3OS/c1-13-10-22(16-8-14(20)5-6-17(16)25-12-13)11-15-9-19(24)23-7-3-2-4-18(23)21-15/h2-9,13H,10-12H2,1H3/t13-/m1/s1. The minimum absolute atomic E-state index is 0.0517. The van der Waals surface area contributed by atoms with Crippen molar-refractivity contribution in [1.82, 2.24) is 9.38 Å². The van der Waals surface area contributed by atoms with Crippen LogP contribution in [0.4, 0.5) is 5.69 Å². The summed E-state index contributed by atoms with van der Waals surface area (Å²) in [4.78, 5) is 20.5. The van der Waals surface area contributed by atoms with Crippen LogP contribution in [0.2, 0.25) is 5.02 Å². The summed E-state index contributed by atoms with van der Waals surface area (Å²) in [6.45, 7) is 3.76. The van der Waals surface area contributed by atoms with E-state index in [0.717, 1.165) is 28.7 Å². The highest BCUT2D eigenvalue weighted by Gasteiger charge is 2.21. The zero-order valence-electron chi connectivity index (χ0n) is 13.9. The number of rotatable bonds is 2. The maximum absolute atomic E-state index is 12.4. The van der Waals surface area contributed by atoms with Crippen LogP contribution in [-0.4, -0.2) is 21.7 Å². The number of hydrogen-bond donors (Lipinski definition) is 0. The lowest BCUT2D eigenvalue weighted by molar-refractivity contribution is 0.617. The maximum atomic E-state index is 12.4. The van der Waals surface area contributed by atoms with Gasteiger partial charge in [0, 0.05) is 34.5 Å². The molecule has 0 bridgehead atoms. The molecule has 0 N–H and O–H groups in total. The molecule has 1 aliphatic rings. The smallest absolute Gasteiger partial charge is 0.258 e. The van der Waals surface area contributed by atoms with E-state index in [2.05, 4.69) is 22.9 Å². The van der Waals surface area contributed by atoms with E-state index in [-0.39, 0.29) is 5.56 Å². The molecular formula is C19H18ClN3OS. The minimum Gasteiger partial charge on any atom is -0.364 e. The van der Waals surface area contributed by atoms with Crippen molar-refractivity contribution >= 4 is 34.7 Å². The summed E-state index contributed by atoms with van der Waals surface area (Å²) in [5.74, 6) is 1.61. The van der Waals surface area contributed by atoms with Gasteiger partial charge in [0.25, 0.3) is 5.56 Å². The van der Waals surface area contributed by atoms with Crippen LogP contribution in [0.15, 0.2) is 58.4 Å². The third-order valence-electron chi connectivity index (χ3n) is 4.29. The van der Waals surface area contributed by atoms with Crippen LogP contribution in [0.1, 0.15) is 12.6 Å². The molecule has 0 unspecified atom stereocenters. The van der Waals surface area contributed by atoms with E-state index in [1.165, 1.54) is 4.90 Å². The summed E-state index contributed by atoms with van der Waals surface area (Å²) in [5.41, 5.74) is 2.52. The van der Waals surface area contributed by atoms with Gasteiger partial charge in [-0.2, -0.15) is 0 Å². The normalized spacial score (nSPS) is 17.4. The Hall–Kier alpha value is -1.98. The van der Waals surface area contributed by atoms with Gasteiger partial charge in [-0.25, -0.2) is 4.98 Å². The first-order valence-corrected chi connectivity index (χ1v) is 9.61. The average Bonchev–Trinajstić information content (AvgIpc) is 2.74. The van der Waals surface area contributed by atoms with Gasteiger partial charge in [0.15, 0.2) is 0 Å². The molecule has 0 saturated carbocycles. The van der Waals surface area contributed by atoms with Crippen molar-refractivity contribution in [3.8, 4) is 0 Å². The fourth-order valence-electron chi connectivity index (χ4n) is 3.15. The first kappa shape index (κ1) is 16.5. The van der Waals surface area contributed by atoms with Crippen molar-refractivity contribution in [3.63, 3.8) is 0 Å². The summed E-state index contributed by atoms with van der Waals surface area (Å²) < 4.78 is 1.56. The molecular weight excluding hydrogens is 354 g/mol. The molecule has 4 rings (SSSR count). The van der Waals surface area contributed by atoms with Crippen LogP contribution in [0.25, 0.3) is 5.65 Å². The molecule has 0 radical (unpaired) electrons. The van der Waals surface area contributed by atoms with E-state index in [0.29, 0.717) is 18.1 Å². The van der Waals surface area contributed by atoms with Gasteiger partial charge in [-0.3, -0.25) is 9.20 Å². The second kappa shape index (κ2) is 6.73. The highest BCUT2D eigenvalue weighted by molar-refractivity contribution is 7.99. The molecule has 1 aliphatic heterocycles. The van der Waals surface area contributed by atoms with Crippen molar-refractivity contribution in [2.24, 2.45) is 5.92 Å². The molecule has 0 aliphatic carbocycles. The van der Waals surface area contributed by atoms with Gasteiger partial charge < -0.3 is 4.90 Å². The molecule has 0 fully saturated rings. The molecule has 0 saturated heterocycles. The largest absolute Gasteiger partial charge is 0.364 e. The van der Waals surface area contributed by atoms with Crippen molar-refractivity contribution in [3.05, 3.63) is 69.7 Å². The SMILES string of the molecule is C[C@H]1CSc2ccc(Cl)cc2N(Cc2cc(=O)n3ccccc3n2)C1. The molecule has 4 nitrogen and oxygen atoms in total. The molecule has 3 aromatic rings. The predicted octanol–water partition coefficient (Wildman–Crippen LogP) is 4.10. The molecule has 6 heteroatoms. The van der Waals surface area contributed by atoms with Gasteiger partial charge in [-0.05, 0) is 36.2 Å². The Bertz CT molecular complexity index is 988. The summed E-state index contributed by atoms with van der Waals surface area (Å²) >= 11 is 8.09. The van der Waals surface area contributed by atoms with Crippen molar-refractivity contribution in [1.29, 1.82) is 0 Å². The van der Waals surface area contributed by atoms with Gasteiger partial charge >= 0.3 is 0 Å². The second-order valence-corrected chi connectivity index (χ2v) is 7.92. The van der Waals surface area contributed by atoms with Crippen LogP contribution in [0.3, 0.4) is 0 Å². The Balaban J connectivity index is 1.74. The van der Waals surface area contributed by atoms with E-state index in [4.69, 9.17) is 11.6 Å². The van der Waals surface area contributed by atoms with E-state index in [9.17, 15) is 4.79 Å². The number of halogens is 1. The van der Waals surface area contributed by atoms with Gasteiger partial charge in [0.1, 0.15) is 5.65 Å². The molecule has 2 aromatic heterocycles. The molecule has 0 spiro atoms. The van der Waals surface area contributed by atoms with E-state index in [1.54, 1.807) is 16.7 Å². The Labute approximate surface area is 155 Å². The number of anilines is 1. The van der Waals surface area contributed by atoms with Gasteiger partial charge in [0.2, 0.25) is 0 Å². The predicted molar refractivity (Wildman–Crippen MR) is 104 cm³/mol. The van der Waals surface area contributed by atoms with Gasteiger partial charge in [-0.1, -0.05) is 24.6 Å². The Kier molecular flexibility index (Phi) is 4.44. The van der Waals surface area contributed by atoms with Crippen molar-refractivity contribution < 1.29 is 0 Å². The number of nitrogens with zero attached hydrogens (tertiary/aromatic N) is 3. The highest BCUT2D eigenvalue weighted by atomic mass is 35.5. The topological polar surface area (TPSA) is 37.6 Å². The molecule has 1 atom stereocenters. The van der Waals surface area contributed by atoms with Crippen LogP contribution >= 0.6 is 23.4 Å². The molecule has 25 heavy (non-hydrogen) atoms. The third kappa shape index (κ3) is 3.39. The van der Waals surface area contributed by atoms with Crippen LogP contribution in [0.5, 0.6) is 0 Å². The molecule has 3 heterocycles. The minimum atomic E-state index is -0.0517. The molecule has 1 aromatic carbocycles. The summed E-state index contributed by atoms with van der Waals surface area (Å²) in [7, 11) is 0. The number of thioether (sulfide) groups is 1. The van der Waals surface area contributed by atoms with E-state index >= 15 is 0 Å². The number of aromatic nitrogens is 2. The third-order valence-corrected chi connectivity index (χ3v) is 5.92. The number of benzene rings is 1.